The average molecular weight is 275 g/mol. The number of esters is 1. The largest absolute Gasteiger partial charge is 0.468 e. The van der Waals surface area contributed by atoms with Crippen LogP contribution in [0.4, 0.5) is 10.5 Å². The standard InChI is InChI=1S/C13H13N3O4/c1-19-12(17)9-16-8-10(7-14-16)15-13(18)20-11-5-3-2-4-6-11/h2-8H,9H2,1H3,(H,15,18). The van der Waals surface area contributed by atoms with Crippen molar-refractivity contribution in [1.82, 2.24) is 9.78 Å². The first kappa shape index (κ1) is 13.6. The second kappa shape index (κ2) is 6.37. The highest BCUT2D eigenvalue weighted by atomic mass is 16.6. The van der Waals surface area contributed by atoms with Gasteiger partial charge >= 0.3 is 12.1 Å². The lowest BCUT2D eigenvalue weighted by Gasteiger charge is -2.04. The van der Waals surface area contributed by atoms with Crippen molar-refractivity contribution in [2.75, 3.05) is 12.4 Å². The van der Waals surface area contributed by atoms with Gasteiger partial charge in [0.15, 0.2) is 0 Å². The topological polar surface area (TPSA) is 82.5 Å². The van der Waals surface area contributed by atoms with Crippen LogP contribution in [0.1, 0.15) is 0 Å². The van der Waals surface area contributed by atoms with Gasteiger partial charge in [-0.2, -0.15) is 5.10 Å². The van der Waals surface area contributed by atoms with Gasteiger partial charge < -0.3 is 9.47 Å². The second-order valence-electron chi connectivity index (χ2n) is 3.83. The van der Waals surface area contributed by atoms with E-state index in [0.717, 1.165) is 0 Å². The molecule has 0 bridgehead atoms. The Labute approximate surface area is 115 Å². The number of benzene rings is 1. The Kier molecular flexibility index (Phi) is 4.33. The number of ether oxygens (including phenoxy) is 2. The average Bonchev–Trinajstić information content (AvgIpc) is 2.86. The van der Waals surface area contributed by atoms with Crippen LogP contribution in [0, 0.1) is 0 Å². The maximum absolute atomic E-state index is 11.6. The van der Waals surface area contributed by atoms with Gasteiger partial charge in [0.2, 0.25) is 0 Å². The van der Waals surface area contributed by atoms with E-state index in [1.807, 2.05) is 6.07 Å². The van der Waals surface area contributed by atoms with Gasteiger partial charge in [-0.3, -0.25) is 14.8 Å². The van der Waals surface area contributed by atoms with Crippen LogP contribution in [0.15, 0.2) is 42.7 Å². The maximum atomic E-state index is 11.6. The van der Waals surface area contributed by atoms with E-state index in [-0.39, 0.29) is 6.54 Å². The molecule has 0 fully saturated rings. The van der Waals surface area contributed by atoms with Crippen LogP contribution in [0.2, 0.25) is 0 Å². The van der Waals surface area contributed by atoms with Crippen molar-refractivity contribution in [2.45, 2.75) is 6.54 Å². The number of aromatic nitrogens is 2. The first-order valence-electron chi connectivity index (χ1n) is 5.80. The zero-order valence-electron chi connectivity index (χ0n) is 10.8. The molecule has 1 N–H and O–H groups in total. The Morgan fingerprint density at radius 2 is 2.05 bits per heavy atom. The lowest BCUT2D eigenvalue weighted by molar-refractivity contribution is -0.141. The number of amides is 1. The van der Waals surface area contributed by atoms with Crippen LogP contribution in [0.3, 0.4) is 0 Å². The van der Waals surface area contributed by atoms with E-state index in [1.165, 1.54) is 24.2 Å². The summed E-state index contributed by atoms with van der Waals surface area (Å²) >= 11 is 0. The molecule has 2 aromatic rings. The number of methoxy groups -OCH3 is 1. The lowest BCUT2D eigenvalue weighted by Crippen LogP contribution is -2.16. The van der Waals surface area contributed by atoms with Crippen LogP contribution in [0.5, 0.6) is 5.75 Å². The zero-order valence-corrected chi connectivity index (χ0v) is 10.8. The molecule has 0 saturated heterocycles. The summed E-state index contributed by atoms with van der Waals surface area (Å²) in [4.78, 5) is 22.7. The predicted octanol–water partition coefficient (Wildman–Crippen LogP) is 1.67. The van der Waals surface area contributed by atoms with E-state index < -0.39 is 12.1 Å². The molecule has 0 aliphatic carbocycles. The Bertz CT molecular complexity index is 595. The Hall–Kier alpha value is -2.83. The van der Waals surface area contributed by atoms with Crippen LogP contribution in [0.25, 0.3) is 0 Å². The van der Waals surface area contributed by atoms with Gasteiger partial charge in [0.05, 0.1) is 19.0 Å². The number of carbonyl (C=O) groups is 2. The highest BCUT2D eigenvalue weighted by Gasteiger charge is 2.08. The Balaban J connectivity index is 1.90. The summed E-state index contributed by atoms with van der Waals surface area (Å²) in [6, 6.07) is 8.68. The van der Waals surface area contributed by atoms with Crippen LogP contribution in [-0.4, -0.2) is 29.0 Å². The van der Waals surface area contributed by atoms with Crippen molar-refractivity contribution < 1.29 is 19.1 Å². The molecule has 20 heavy (non-hydrogen) atoms. The van der Waals surface area contributed by atoms with Crippen molar-refractivity contribution in [3.8, 4) is 5.75 Å². The minimum absolute atomic E-state index is 0.0219. The van der Waals surface area contributed by atoms with Crippen LogP contribution in [-0.2, 0) is 16.1 Å². The van der Waals surface area contributed by atoms with Crippen molar-refractivity contribution >= 4 is 17.7 Å². The summed E-state index contributed by atoms with van der Waals surface area (Å²) in [5.74, 6) is 0.0125. The summed E-state index contributed by atoms with van der Waals surface area (Å²) in [5, 5.41) is 6.42. The van der Waals surface area contributed by atoms with Crippen molar-refractivity contribution in [1.29, 1.82) is 0 Å². The molecule has 104 valence electrons. The number of hydrogen-bond donors (Lipinski definition) is 1. The molecule has 0 aliphatic rings. The second-order valence-corrected chi connectivity index (χ2v) is 3.83. The normalized spacial score (nSPS) is 9.85. The third kappa shape index (κ3) is 3.84. The molecule has 1 heterocycles. The molecule has 1 amide bonds. The van der Waals surface area contributed by atoms with Gasteiger partial charge in [0.25, 0.3) is 0 Å². The molecule has 0 spiro atoms. The number of rotatable bonds is 4. The third-order valence-electron chi connectivity index (χ3n) is 2.35. The molecular formula is C13H13N3O4. The Morgan fingerprint density at radius 1 is 1.30 bits per heavy atom. The number of hydrogen-bond acceptors (Lipinski definition) is 5. The fraction of sp³-hybridized carbons (Fsp3) is 0.154. The summed E-state index contributed by atoms with van der Waals surface area (Å²) in [5.41, 5.74) is 0.426. The van der Waals surface area contributed by atoms with E-state index in [4.69, 9.17) is 4.74 Å². The molecule has 7 heteroatoms. The summed E-state index contributed by atoms with van der Waals surface area (Å²) in [6.07, 6.45) is 2.28. The van der Waals surface area contributed by atoms with Gasteiger partial charge in [-0.15, -0.1) is 0 Å². The first-order valence-corrected chi connectivity index (χ1v) is 5.80. The van der Waals surface area contributed by atoms with Crippen molar-refractivity contribution in [3.63, 3.8) is 0 Å². The van der Waals surface area contributed by atoms with E-state index in [2.05, 4.69) is 15.2 Å². The molecule has 0 saturated carbocycles. The lowest BCUT2D eigenvalue weighted by atomic mass is 10.3. The van der Waals surface area contributed by atoms with Gasteiger partial charge in [0, 0.05) is 6.20 Å². The molecule has 2 rings (SSSR count). The number of nitrogens with one attached hydrogen (secondary N) is 1. The summed E-state index contributed by atoms with van der Waals surface area (Å²) in [6.45, 7) is -0.0219. The van der Waals surface area contributed by atoms with Gasteiger partial charge in [-0.25, -0.2) is 4.79 Å². The number of nitrogens with zero attached hydrogens (tertiary/aromatic N) is 2. The quantitative estimate of drug-likeness (QED) is 0.858. The molecule has 1 aromatic carbocycles. The van der Waals surface area contributed by atoms with Gasteiger partial charge in [0.1, 0.15) is 12.3 Å². The fourth-order valence-corrected chi connectivity index (χ4v) is 1.45. The number of carbonyl (C=O) groups excluding carboxylic acids is 2. The molecular weight excluding hydrogens is 262 g/mol. The van der Waals surface area contributed by atoms with Gasteiger partial charge in [-0.1, -0.05) is 18.2 Å². The fourth-order valence-electron chi connectivity index (χ4n) is 1.45. The Morgan fingerprint density at radius 3 is 2.75 bits per heavy atom. The molecule has 0 unspecified atom stereocenters. The molecule has 1 aromatic heterocycles. The maximum Gasteiger partial charge on any atom is 0.417 e. The number of anilines is 1. The molecule has 0 radical (unpaired) electrons. The van der Waals surface area contributed by atoms with E-state index in [0.29, 0.717) is 11.4 Å². The third-order valence-corrected chi connectivity index (χ3v) is 2.35. The van der Waals surface area contributed by atoms with Crippen molar-refractivity contribution in [3.05, 3.63) is 42.7 Å². The highest BCUT2D eigenvalue weighted by Crippen LogP contribution is 2.11. The molecule has 7 nitrogen and oxygen atoms in total. The summed E-state index contributed by atoms with van der Waals surface area (Å²) < 4.78 is 10.9. The van der Waals surface area contributed by atoms with E-state index in [9.17, 15) is 9.59 Å². The van der Waals surface area contributed by atoms with Gasteiger partial charge in [-0.05, 0) is 12.1 Å². The predicted molar refractivity (Wildman–Crippen MR) is 70.3 cm³/mol. The van der Waals surface area contributed by atoms with Crippen LogP contribution >= 0.6 is 0 Å². The van der Waals surface area contributed by atoms with E-state index in [1.54, 1.807) is 24.3 Å². The van der Waals surface area contributed by atoms with Crippen molar-refractivity contribution in [2.24, 2.45) is 0 Å². The SMILES string of the molecule is COC(=O)Cn1cc(NC(=O)Oc2ccccc2)cn1. The minimum Gasteiger partial charge on any atom is -0.468 e. The first-order chi connectivity index (χ1) is 9.67. The van der Waals surface area contributed by atoms with Crippen LogP contribution < -0.4 is 10.1 Å². The summed E-state index contributed by atoms with van der Waals surface area (Å²) in [7, 11) is 1.29. The minimum atomic E-state index is -0.631. The smallest absolute Gasteiger partial charge is 0.417 e. The monoisotopic (exact) mass is 275 g/mol. The zero-order chi connectivity index (χ0) is 14.4. The highest BCUT2D eigenvalue weighted by molar-refractivity contribution is 5.85. The molecule has 0 aliphatic heterocycles. The number of para-hydroxylation sites is 1. The van der Waals surface area contributed by atoms with E-state index >= 15 is 0 Å². The molecule has 0 atom stereocenters.